The molecule has 4 heteroatoms. The monoisotopic (exact) mass is 256 g/mol. The minimum absolute atomic E-state index is 0.0653. The number of Topliss-reactive ketones (excluding diaryl/α,β-unsaturated/α-hetero) is 1. The molecule has 0 fully saturated rings. The van der Waals surface area contributed by atoms with Crippen molar-refractivity contribution in [2.75, 3.05) is 26.4 Å². The number of rotatable bonds is 8. The first-order valence-electron chi connectivity index (χ1n) is 5.68. The molecular formula is C13H17ClO3. The van der Waals surface area contributed by atoms with Crippen LogP contribution in [-0.4, -0.2) is 32.2 Å². The van der Waals surface area contributed by atoms with Crippen LogP contribution in [0.15, 0.2) is 24.3 Å². The summed E-state index contributed by atoms with van der Waals surface area (Å²) in [6.07, 6.45) is 0.988. The molecule has 1 aromatic carbocycles. The maximum Gasteiger partial charge on any atom is 0.188 e. The topological polar surface area (TPSA) is 35.5 Å². The van der Waals surface area contributed by atoms with E-state index in [1.807, 2.05) is 6.92 Å². The van der Waals surface area contributed by atoms with Crippen molar-refractivity contribution in [1.82, 2.24) is 0 Å². The van der Waals surface area contributed by atoms with Gasteiger partial charge in [-0.3, -0.25) is 4.79 Å². The van der Waals surface area contributed by atoms with E-state index in [1.54, 1.807) is 24.3 Å². The van der Waals surface area contributed by atoms with Crippen LogP contribution < -0.4 is 0 Å². The van der Waals surface area contributed by atoms with Crippen LogP contribution in [0.4, 0.5) is 0 Å². The zero-order valence-electron chi connectivity index (χ0n) is 9.95. The predicted octanol–water partition coefficient (Wildman–Crippen LogP) is 2.97. The molecule has 0 unspecified atom stereocenters. The van der Waals surface area contributed by atoms with Gasteiger partial charge in [-0.2, -0.15) is 0 Å². The molecule has 1 rings (SSSR count). The zero-order chi connectivity index (χ0) is 12.5. The van der Waals surface area contributed by atoms with Gasteiger partial charge in [-0.15, -0.1) is 0 Å². The van der Waals surface area contributed by atoms with Gasteiger partial charge in [0.25, 0.3) is 0 Å². The minimum Gasteiger partial charge on any atom is -0.379 e. The maximum absolute atomic E-state index is 11.7. The third-order valence-corrected chi connectivity index (χ3v) is 2.34. The zero-order valence-corrected chi connectivity index (χ0v) is 10.7. The van der Waals surface area contributed by atoms with Gasteiger partial charge >= 0.3 is 0 Å². The van der Waals surface area contributed by atoms with Crippen LogP contribution in [0.1, 0.15) is 23.7 Å². The molecule has 0 spiro atoms. The Kier molecular flexibility index (Phi) is 6.86. The fourth-order valence-electron chi connectivity index (χ4n) is 1.27. The van der Waals surface area contributed by atoms with Crippen LogP contribution in [0.3, 0.4) is 0 Å². The highest BCUT2D eigenvalue weighted by molar-refractivity contribution is 6.31. The largest absolute Gasteiger partial charge is 0.379 e. The summed E-state index contributed by atoms with van der Waals surface area (Å²) in [5.41, 5.74) is 0.576. The van der Waals surface area contributed by atoms with Crippen molar-refractivity contribution in [3.05, 3.63) is 34.9 Å². The van der Waals surface area contributed by atoms with Crippen molar-refractivity contribution in [1.29, 1.82) is 0 Å². The standard InChI is InChI=1S/C13H17ClO3/c1-2-6-16-7-8-17-10-13(15)11-4-3-5-12(14)9-11/h3-5,9H,2,6-8,10H2,1H3. The molecule has 0 saturated carbocycles. The van der Waals surface area contributed by atoms with E-state index in [0.29, 0.717) is 23.8 Å². The number of ketones is 1. The molecular weight excluding hydrogens is 240 g/mol. The van der Waals surface area contributed by atoms with Gasteiger partial charge in [0.05, 0.1) is 13.2 Å². The highest BCUT2D eigenvalue weighted by Crippen LogP contribution is 2.11. The third kappa shape index (κ3) is 5.82. The van der Waals surface area contributed by atoms with Crippen molar-refractivity contribution in [2.45, 2.75) is 13.3 Å². The Balaban J connectivity index is 2.21. The van der Waals surface area contributed by atoms with Crippen molar-refractivity contribution in [3.8, 4) is 0 Å². The average molecular weight is 257 g/mol. The van der Waals surface area contributed by atoms with Crippen molar-refractivity contribution in [3.63, 3.8) is 0 Å². The molecule has 0 N–H and O–H groups in total. The number of hydrogen-bond donors (Lipinski definition) is 0. The van der Waals surface area contributed by atoms with Crippen molar-refractivity contribution < 1.29 is 14.3 Å². The smallest absolute Gasteiger partial charge is 0.188 e. The fraction of sp³-hybridized carbons (Fsp3) is 0.462. The third-order valence-electron chi connectivity index (χ3n) is 2.10. The van der Waals surface area contributed by atoms with Crippen molar-refractivity contribution >= 4 is 17.4 Å². The van der Waals surface area contributed by atoms with Gasteiger partial charge in [-0.05, 0) is 18.6 Å². The number of carbonyl (C=O) groups excluding carboxylic acids is 1. The lowest BCUT2D eigenvalue weighted by molar-refractivity contribution is 0.0441. The molecule has 0 amide bonds. The Bertz CT molecular complexity index is 352. The summed E-state index contributed by atoms with van der Waals surface area (Å²) in [5, 5.41) is 0.558. The number of halogens is 1. The van der Waals surface area contributed by atoms with E-state index >= 15 is 0 Å². The first kappa shape index (κ1) is 14.2. The summed E-state index contributed by atoms with van der Waals surface area (Å²) in [6, 6.07) is 6.85. The van der Waals surface area contributed by atoms with Crippen LogP contribution >= 0.6 is 11.6 Å². The number of hydrogen-bond acceptors (Lipinski definition) is 3. The van der Waals surface area contributed by atoms with E-state index in [1.165, 1.54) is 0 Å². The number of carbonyl (C=O) groups is 1. The SMILES string of the molecule is CCCOCCOCC(=O)c1cccc(Cl)c1. The summed E-state index contributed by atoms with van der Waals surface area (Å²) in [7, 11) is 0. The van der Waals surface area contributed by atoms with E-state index in [2.05, 4.69) is 0 Å². The molecule has 94 valence electrons. The molecule has 0 heterocycles. The second kappa shape index (κ2) is 8.23. The highest BCUT2D eigenvalue weighted by atomic mass is 35.5. The predicted molar refractivity (Wildman–Crippen MR) is 67.7 cm³/mol. The molecule has 17 heavy (non-hydrogen) atoms. The van der Waals surface area contributed by atoms with Crippen molar-refractivity contribution in [2.24, 2.45) is 0 Å². The van der Waals surface area contributed by atoms with Crippen LogP contribution in [0.25, 0.3) is 0 Å². The molecule has 0 bridgehead atoms. The molecule has 1 aromatic rings. The summed E-state index contributed by atoms with van der Waals surface area (Å²) in [5.74, 6) is -0.0667. The lowest BCUT2D eigenvalue weighted by atomic mass is 10.1. The number of ether oxygens (including phenoxy) is 2. The van der Waals surface area contributed by atoms with E-state index in [4.69, 9.17) is 21.1 Å². The molecule has 0 atom stereocenters. The molecule has 0 saturated heterocycles. The first-order chi connectivity index (χ1) is 8.24. The molecule has 0 aliphatic rings. The van der Waals surface area contributed by atoms with E-state index in [0.717, 1.165) is 13.0 Å². The first-order valence-corrected chi connectivity index (χ1v) is 6.06. The van der Waals surface area contributed by atoms with Gasteiger partial charge in [-0.1, -0.05) is 30.7 Å². The van der Waals surface area contributed by atoms with Gasteiger partial charge in [0, 0.05) is 17.2 Å². The Hall–Kier alpha value is -0.900. The Labute approximate surface area is 107 Å². The van der Waals surface area contributed by atoms with E-state index in [-0.39, 0.29) is 12.4 Å². The Morgan fingerprint density at radius 2 is 2.00 bits per heavy atom. The second-order valence-electron chi connectivity index (χ2n) is 3.60. The molecule has 0 aromatic heterocycles. The highest BCUT2D eigenvalue weighted by Gasteiger charge is 2.05. The van der Waals surface area contributed by atoms with Crippen LogP contribution in [0.2, 0.25) is 5.02 Å². The van der Waals surface area contributed by atoms with Crippen LogP contribution in [-0.2, 0) is 9.47 Å². The van der Waals surface area contributed by atoms with Gasteiger partial charge < -0.3 is 9.47 Å². The maximum atomic E-state index is 11.7. The fourth-order valence-corrected chi connectivity index (χ4v) is 1.46. The molecule has 0 aliphatic carbocycles. The minimum atomic E-state index is -0.0667. The molecule has 3 nitrogen and oxygen atoms in total. The Morgan fingerprint density at radius 3 is 2.71 bits per heavy atom. The lowest BCUT2D eigenvalue weighted by Gasteiger charge is -2.04. The summed E-state index contributed by atoms with van der Waals surface area (Å²) in [6.45, 7) is 3.80. The normalized spacial score (nSPS) is 10.5. The van der Waals surface area contributed by atoms with E-state index < -0.39 is 0 Å². The van der Waals surface area contributed by atoms with Gasteiger partial charge in [0.2, 0.25) is 0 Å². The molecule has 0 radical (unpaired) electrons. The van der Waals surface area contributed by atoms with Gasteiger partial charge in [0.15, 0.2) is 5.78 Å². The molecule has 0 aliphatic heterocycles. The number of benzene rings is 1. The summed E-state index contributed by atoms with van der Waals surface area (Å²) < 4.78 is 10.5. The van der Waals surface area contributed by atoms with Gasteiger partial charge in [-0.25, -0.2) is 0 Å². The lowest BCUT2D eigenvalue weighted by Crippen LogP contribution is -2.12. The van der Waals surface area contributed by atoms with Gasteiger partial charge in [0.1, 0.15) is 6.61 Å². The van der Waals surface area contributed by atoms with E-state index in [9.17, 15) is 4.79 Å². The van der Waals surface area contributed by atoms with Crippen LogP contribution in [0, 0.1) is 0 Å². The summed E-state index contributed by atoms with van der Waals surface area (Å²) >= 11 is 5.79. The van der Waals surface area contributed by atoms with Crippen LogP contribution in [0.5, 0.6) is 0 Å². The Morgan fingerprint density at radius 1 is 1.24 bits per heavy atom. The summed E-state index contributed by atoms with van der Waals surface area (Å²) in [4.78, 5) is 11.7. The average Bonchev–Trinajstić information content (AvgIpc) is 2.33. The second-order valence-corrected chi connectivity index (χ2v) is 4.03. The quantitative estimate of drug-likeness (QED) is 0.530.